The van der Waals surface area contributed by atoms with Crippen molar-refractivity contribution in [3.8, 4) is 0 Å². The van der Waals surface area contributed by atoms with Crippen molar-refractivity contribution in [3.05, 3.63) is 16.4 Å². The second-order valence-corrected chi connectivity index (χ2v) is 8.36. The van der Waals surface area contributed by atoms with E-state index < -0.39 is 9.84 Å². The van der Waals surface area contributed by atoms with Crippen LogP contribution in [0.1, 0.15) is 25.2 Å². The smallest absolute Gasteiger partial charge is 0.153 e. The highest BCUT2D eigenvalue weighted by Crippen LogP contribution is 2.27. The Kier molecular flexibility index (Phi) is 3.70. The first-order valence-corrected chi connectivity index (χ1v) is 8.46. The normalized spacial score (nSPS) is 22.6. The Bertz CT molecular complexity index is 592. The minimum atomic E-state index is -2.93. The van der Waals surface area contributed by atoms with E-state index in [2.05, 4.69) is 10.00 Å². The number of hydrogen-bond acceptors (Lipinski definition) is 4. The fourth-order valence-corrected chi connectivity index (χ4v) is 4.60. The van der Waals surface area contributed by atoms with Crippen molar-refractivity contribution in [2.45, 2.75) is 32.9 Å². The molecule has 19 heavy (non-hydrogen) atoms. The van der Waals surface area contributed by atoms with E-state index >= 15 is 0 Å². The van der Waals surface area contributed by atoms with E-state index in [0.717, 1.165) is 11.4 Å². The SMILES string of the molecule is Cc1c(Cl)c(CN2CCS(=O)(=O)CC2(C)C)nn1C. The van der Waals surface area contributed by atoms with E-state index in [9.17, 15) is 8.42 Å². The highest BCUT2D eigenvalue weighted by molar-refractivity contribution is 7.91. The third kappa shape index (κ3) is 2.95. The first-order chi connectivity index (χ1) is 8.62. The molecule has 0 bridgehead atoms. The van der Waals surface area contributed by atoms with Gasteiger partial charge in [0.05, 0.1) is 27.9 Å². The largest absolute Gasteiger partial charge is 0.290 e. The van der Waals surface area contributed by atoms with Crippen LogP contribution in [0.15, 0.2) is 0 Å². The molecule has 1 aromatic heterocycles. The molecule has 0 spiro atoms. The summed E-state index contributed by atoms with van der Waals surface area (Å²) in [4.78, 5) is 2.14. The summed E-state index contributed by atoms with van der Waals surface area (Å²) in [6.45, 7) is 6.94. The highest BCUT2D eigenvalue weighted by atomic mass is 35.5. The zero-order valence-corrected chi connectivity index (χ0v) is 13.3. The lowest BCUT2D eigenvalue weighted by Crippen LogP contribution is -2.54. The highest BCUT2D eigenvalue weighted by Gasteiger charge is 2.37. The zero-order valence-electron chi connectivity index (χ0n) is 11.8. The molecule has 7 heteroatoms. The van der Waals surface area contributed by atoms with E-state index in [0.29, 0.717) is 18.1 Å². The Morgan fingerprint density at radius 2 is 2.05 bits per heavy atom. The van der Waals surface area contributed by atoms with Crippen molar-refractivity contribution >= 4 is 21.4 Å². The van der Waals surface area contributed by atoms with Crippen LogP contribution in [0.2, 0.25) is 5.02 Å². The summed E-state index contributed by atoms with van der Waals surface area (Å²) in [5.41, 5.74) is 1.36. The lowest BCUT2D eigenvalue weighted by molar-refractivity contribution is 0.129. The maximum absolute atomic E-state index is 11.7. The van der Waals surface area contributed by atoms with E-state index in [1.54, 1.807) is 4.68 Å². The molecular formula is C12H20ClN3O2S. The van der Waals surface area contributed by atoms with Crippen LogP contribution in [0.25, 0.3) is 0 Å². The van der Waals surface area contributed by atoms with Crippen molar-refractivity contribution in [2.75, 3.05) is 18.1 Å². The summed E-state index contributed by atoms with van der Waals surface area (Å²) in [5.74, 6) is 0.392. The maximum Gasteiger partial charge on any atom is 0.153 e. The maximum atomic E-state index is 11.7. The van der Waals surface area contributed by atoms with Gasteiger partial charge in [-0.25, -0.2) is 8.42 Å². The topological polar surface area (TPSA) is 55.2 Å². The van der Waals surface area contributed by atoms with Gasteiger partial charge in [0.15, 0.2) is 9.84 Å². The van der Waals surface area contributed by atoms with Crippen LogP contribution in [-0.2, 0) is 23.4 Å². The van der Waals surface area contributed by atoms with Gasteiger partial charge < -0.3 is 0 Å². The lowest BCUT2D eigenvalue weighted by Gasteiger charge is -2.41. The molecule has 5 nitrogen and oxygen atoms in total. The van der Waals surface area contributed by atoms with Gasteiger partial charge in [-0.3, -0.25) is 9.58 Å². The van der Waals surface area contributed by atoms with E-state index in [1.165, 1.54) is 0 Å². The quantitative estimate of drug-likeness (QED) is 0.828. The standard InChI is InChI=1S/C12H20ClN3O2S/c1-9-11(13)10(14-15(9)4)7-16-5-6-19(17,18)8-12(16,2)3/h5-8H2,1-4H3. The fraction of sp³-hybridized carbons (Fsp3) is 0.750. The van der Waals surface area contributed by atoms with Crippen molar-refractivity contribution < 1.29 is 8.42 Å². The molecule has 0 aromatic carbocycles. The van der Waals surface area contributed by atoms with Crippen LogP contribution in [-0.4, -0.2) is 46.7 Å². The molecule has 1 aliphatic rings. The fourth-order valence-electron chi connectivity index (χ4n) is 2.48. The molecule has 1 aromatic rings. The Morgan fingerprint density at radius 1 is 1.42 bits per heavy atom. The molecule has 2 heterocycles. The molecule has 1 fully saturated rings. The van der Waals surface area contributed by atoms with Gasteiger partial charge in [0.25, 0.3) is 0 Å². The van der Waals surface area contributed by atoms with Gasteiger partial charge in [-0.2, -0.15) is 5.10 Å². The monoisotopic (exact) mass is 305 g/mol. The van der Waals surface area contributed by atoms with E-state index in [4.69, 9.17) is 11.6 Å². The number of rotatable bonds is 2. The van der Waals surface area contributed by atoms with Crippen molar-refractivity contribution in [1.29, 1.82) is 0 Å². The lowest BCUT2D eigenvalue weighted by atomic mass is 10.1. The van der Waals surface area contributed by atoms with Crippen LogP contribution >= 0.6 is 11.6 Å². The summed E-state index contributed by atoms with van der Waals surface area (Å²) in [5, 5.41) is 5.07. The summed E-state index contributed by atoms with van der Waals surface area (Å²) >= 11 is 6.25. The molecule has 0 radical (unpaired) electrons. The first kappa shape index (κ1) is 14.8. The molecule has 0 atom stereocenters. The molecule has 0 aliphatic carbocycles. The third-order valence-corrected chi connectivity index (χ3v) is 6.21. The molecule has 2 rings (SSSR count). The molecule has 1 saturated heterocycles. The van der Waals surface area contributed by atoms with E-state index in [-0.39, 0.29) is 17.0 Å². The Labute approximate surface area is 119 Å². The summed E-state index contributed by atoms with van der Waals surface area (Å²) < 4.78 is 25.2. The minimum absolute atomic E-state index is 0.184. The van der Waals surface area contributed by atoms with Crippen molar-refractivity contribution in [2.24, 2.45) is 7.05 Å². The van der Waals surface area contributed by atoms with Gasteiger partial charge in [0.1, 0.15) is 0 Å². The minimum Gasteiger partial charge on any atom is -0.290 e. The first-order valence-electron chi connectivity index (χ1n) is 6.26. The van der Waals surface area contributed by atoms with Gasteiger partial charge in [-0.1, -0.05) is 11.6 Å². The molecular weight excluding hydrogens is 286 g/mol. The molecule has 0 unspecified atom stereocenters. The molecule has 108 valence electrons. The van der Waals surface area contributed by atoms with Gasteiger partial charge >= 0.3 is 0 Å². The summed E-state index contributed by atoms with van der Waals surface area (Å²) in [7, 11) is -1.07. The summed E-state index contributed by atoms with van der Waals surface area (Å²) in [6.07, 6.45) is 0. The third-order valence-electron chi connectivity index (χ3n) is 3.77. The second-order valence-electron chi connectivity index (χ2n) is 5.80. The number of sulfone groups is 1. The average molecular weight is 306 g/mol. The Hall–Kier alpha value is -0.590. The second kappa shape index (κ2) is 4.75. The molecule has 1 aliphatic heterocycles. The van der Waals surface area contributed by atoms with Crippen LogP contribution in [0.5, 0.6) is 0 Å². The van der Waals surface area contributed by atoms with Crippen molar-refractivity contribution in [3.63, 3.8) is 0 Å². The van der Waals surface area contributed by atoms with Crippen LogP contribution in [0, 0.1) is 6.92 Å². The van der Waals surface area contributed by atoms with Gasteiger partial charge in [-0.15, -0.1) is 0 Å². The van der Waals surface area contributed by atoms with Crippen LogP contribution in [0.3, 0.4) is 0 Å². The Morgan fingerprint density at radius 3 is 2.53 bits per heavy atom. The predicted molar refractivity (Wildman–Crippen MR) is 76.1 cm³/mol. The van der Waals surface area contributed by atoms with Gasteiger partial charge in [-0.05, 0) is 20.8 Å². The number of halogens is 1. The molecule has 0 N–H and O–H groups in total. The zero-order chi connectivity index (χ0) is 14.4. The number of aryl methyl sites for hydroxylation is 1. The summed E-state index contributed by atoms with van der Waals surface area (Å²) in [6, 6.07) is 0. The van der Waals surface area contributed by atoms with Crippen LogP contribution < -0.4 is 0 Å². The average Bonchev–Trinajstić information content (AvgIpc) is 2.49. The molecule has 0 amide bonds. The number of hydrogen-bond donors (Lipinski definition) is 0. The predicted octanol–water partition coefficient (Wildman–Crippen LogP) is 1.39. The van der Waals surface area contributed by atoms with Crippen LogP contribution in [0.4, 0.5) is 0 Å². The molecule has 0 saturated carbocycles. The van der Waals surface area contributed by atoms with Crippen molar-refractivity contribution in [1.82, 2.24) is 14.7 Å². The number of aromatic nitrogens is 2. The van der Waals surface area contributed by atoms with Gasteiger partial charge in [0, 0.05) is 25.7 Å². The van der Waals surface area contributed by atoms with E-state index in [1.807, 2.05) is 27.8 Å². The van der Waals surface area contributed by atoms with Gasteiger partial charge in [0.2, 0.25) is 0 Å². The Balaban J connectivity index is 2.22. The number of nitrogens with zero attached hydrogens (tertiary/aromatic N) is 3.